The molecule has 0 spiro atoms. The minimum Gasteiger partial charge on any atom is -0.494 e. The van der Waals surface area contributed by atoms with E-state index in [9.17, 15) is 4.79 Å². The van der Waals surface area contributed by atoms with Crippen molar-refractivity contribution in [3.05, 3.63) is 53.3 Å². The predicted octanol–water partition coefficient (Wildman–Crippen LogP) is 5.73. The summed E-state index contributed by atoms with van der Waals surface area (Å²) in [7, 11) is 0. The van der Waals surface area contributed by atoms with E-state index >= 15 is 4.39 Å². The van der Waals surface area contributed by atoms with E-state index in [4.69, 9.17) is 9.47 Å². The van der Waals surface area contributed by atoms with Gasteiger partial charge in [0.2, 0.25) is 0 Å². The first-order chi connectivity index (χ1) is 16.3. The third-order valence-electron chi connectivity index (χ3n) is 7.72. The number of nitrogens with zero attached hydrogens (tertiary/aromatic N) is 1. The molecule has 0 saturated carbocycles. The Hall–Kier alpha value is -2.60. The van der Waals surface area contributed by atoms with E-state index in [1.54, 1.807) is 6.07 Å². The number of carbonyl (C=O) groups excluding carboxylic acids is 1. The van der Waals surface area contributed by atoms with Crippen LogP contribution in [0.3, 0.4) is 0 Å². The van der Waals surface area contributed by atoms with Crippen LogP contribution < -0.4 is 10.1 Å². The number of hydrogen-bond donors (Lipinski definition) is 1. The third kappa shape index (κ3) is 4.52. The van der Waals surface area contributed by atoms with Gasteiger partial charge < -0.3 is 14.8 Å². The highest BCUT2D eigenvalue weighted by Gasteiger charge is 2.42. The number of benzene rings is 2. The fourth-order valence-corrected chi connectivity index (χ4v) is 5.85. The molecule has 34 heavy (non-hydrogen) atoms. The average molecular weight is 467 g/mol. The Morgan fingerprint density at radius 3 is 2.56 bits per heavy atom. The minimum absolute atomic E-state index is 0.0464. The van der Waals surface area contributed by atoms with Crippen molar-refractivity contribution >= 4 is 6.09 Å². The van der Waals surface area contributed by atoms with Gasteiger partial charge in [0, 0.05) is 12.1 Å². The van der Waals surface area contributed by atoms with E-state index in [2.05, 4.69) is 31.0 Å². The summed E-state index contributed by atoms with van der Waals surface area (Å²) in [6.07, 6.45) is 3.45. The molecule has 3 aliphatic heterocycles. The van der Waals surface area contributed by atoms with Crippen molar-refractivity contribution < 1.29 is 18.7 Å². The monoisotopic (exact) mass is 466 g/mol. The van der Waals surface area contributed by atoms with Crippen molar-refractivity contribution in [1.82, 2.24) is 10.2 Å². The molecular weight excluding hydrogens is 431 g/mol. The van der Waals surface area contributed by atoms with Gasteiger partial charge in [-0.2, -0.15) is 0 Å². The second kappa shape index (κ2) is 9.21. The molecule has 6 heteroatoms. The van der Waals surface area contributed by atoms with Gasteiger partial charge in [-0.05, 0) is 91.1 Å². The van der Waals surface area contributed by atoms with Gasteiger partial charge in [0.15, 0.2) is 0 Å². The second-order valence-corrected chi connectivity index (χ2v) is 10.7. The Morgan fingerprint density at radius 1 is 1.18 bits per heavy atom. The lowest BCUT2D eigenvalue weighted by molar-refractivity contribution is -0.0349. The van der Waals surface area contributed by atoms with Crippen molar-refractivity contribution in [1.29, 1.82) is 0 Å². The number of hydrogen-bond acceptors (Lipinski definition) is 4. The molecule has 182 valence electrons. The van der Waals surface area contributed by atoms with E-state index in [1.807, 2.05) is 30.3 Å². The second-order valence-electron chi connectivity index (χ2n) is 10.7. The maximum absolute atomic E-state index is 15.3. The summed E-state index contributed by atoms with van der Waals surface area (Å²) in [4.78, 5) is 15.2. The van der Waals surface area contributed by atoms with Gasteiger partial charge in [0.1, 0.15) is 17.7 Å². The number of amides is 1. The lowest BCUT2D eigenvalue weighted by Gasteiger charge is -2.44. The van der Waals surface area contributed by atoms with Gasteiger partial charge in [-0.15, -0.1) is 0 Å². The van der Waals surface area contributed by atoms with Crippen molar-refractivity contribution in [3.63, 3.8) is 0 Å². The first-order valence-electron chi connectivity index (χ1n) is 12.6. The summed E-state index contributed by atoms with van der Waals surface area (Å²) in [6.45, 7) is 9.99. The number of nitrogens with one attached hydrogen (secondary N) is 1. The Balaban J connectivity index is 1.32. The number of rotatable bonds is 6. The number of ether oxygens (including phenoxy) is 2. The SMILES string of the molecule is CCCOc1ccc(-c2cc3c(cc2F)[C@H](NC(=O)O[C@H]2CN4CCC2CC4)C(C)(C)C3)cc1. The zero-order valence-corrected chi connectivity index (χ0v) is 20.4. The summed E-state index contributed by atoms with van der Waals surface area (Å²) in [5, 5.41) is 3.08. The first kappa shape index (κ1) is 23.2. The molecule has 5 nitrogen and oxygen atoms in total. The van der Waals surface area contributed by atoms with Gasteiger partial charge >= 0.3 is 6.09 Å². The number of piperidine rings is 3. The van der Waals surface area contributed by atoms with Crippen molar-refractivity contribution in [3.8, 4) is 16.9 Å². The average Bonchev–Trinajstić information content (AvgIpc) is 3.07. The molecule has 0 aromatic heterocycles. The summed E-state index contributed by atoms with van der Waals surface area (Å²) >= 11 is 0. The largest absolute Gasteiger partial charge is 0.494 e. The van der Waals surface area contributed by atoms with Crippen LogP contribution in [-0.4, -0.2) is 43.3 Å². The smallest absolute Gasteiger partial charge is 0.407 e. The van der Waals surface area contributed by atoms with Crippen LogP contribution >= 0.6 is 0 Å². The molecule has 2 bridgehead atoms. The number of carbonyl (C=O) groups is 1. The van der Waals surface area contributed by atoms with Gasteiger partial charge in [0.05, 0.1) is 12.6 Å². The molecule has 0 unspecified atom stereocenters. The number of alkyl carbamates (subject to hydrolysis) is 1. The van der Waals surface area contributed by atoms with Gasteiger partial charge in [-0.25, -0.2) is 9.18 Å². The van der Waals surface area contributed by atoms with Crippen LogP contribution in [0, 0.1) is 17.2 Å². The van der Waals surface area contributed by atoms with Crippen LogP contribution in [0.4, 0.5) is 9.18 Å². The van der Waals surface area contributed by atoms with E-state index in [0.29, 0.717) is 18.1 Å². The third-order valence-corrected chi connectivity index (χ3v) is 7.72. The lowest BCUT2D eigenvalue weighted by Crippen LogP contribution is -2.53. The highest BCUT2D eigenvalue weighted by Crippen LogP contribution is 2.47. The van der Waals surface area contributed by atoms with Crippen LogP contribution in [0.2, 0.25) is 0 Å². The maximum Gasteiger partial charge on any atom is 0.407 e. The first-order valence-corrected chi connectivity index (χ1v) is 12.6. The molecule has 3 saturated heterocycles. The normalized spacial score (nSPS) is 26.7. The fraction of sp³-hybridized carbons (Fsp3) is 0.536. The van der Waals surface area contributed by atoms with Gasteiger partial charge in [-0.3, -0.25) is 4.90 Å². The summed E-state index contributed by atoms with van der Waals surface area (Å²) in [5.74, 6) is 0.966. The van der Waals surface area contributed by atoms with Crippen LogP contribution in [-0.2, 0) is 11.2 Å². The molecule has 3 heterocycles. The van der Waals surface area contributed by atoms with Crippen molar-refractivity contribution in [2.24, 2.45) is 11.3 Å². The molecule has 6 rings (SSSR count). The van der Waals surface area contributed by atoms with Gasteiger partial charge in [-0.1, -0.05) is 32.9 Å². The van der Waals surface area contributed by atoms with Crippen LogP contribution in [0.1, 0.15) is 57.2 Å². The quantitative estimate of drug-likeness (QED) is 0.591. The van der Waals surface area contributed by atoms with Crippen LogP contribution in [0.15, 0.2) is 36.4 Å². The molecule has 2 aromatic carbocycles. The topological polar surface area (TPSA) is 50.8 Å². The Bertz CT molecular complexity index is 1040. The molecule has 2 atom stereocenters. The Morgan fingerprint density at radius 2 is 1.91 bits per heavy atom. The summed E-state index contributed by atoms with van der Waals surface area (Å²) in [5.41, 5.74) is 3.08. The van der Waals surface area contributed by atoms with Crippen molar-refractivity contribution in [2.45, 2.75) is 58.6 Å². The molecule has 1 aliphatic carbocycles. The summed E-state index contributed by atoms with van der Waals surface area (Å²) < 4.78 is 26.8. The molecule has 0 radical (unpaired) electrons. The van der Waals surface area contributed by atoms with E-state index in [-0.39, 0.29) is 23.4 Å². The van der Waals surface area contributed by atoms with E-state index in [1.165, 1.54) is 0 Å². The standard InChI is InChI=1S/C28H35FN2O3/c1-4-13-33-21-7-5-18(6-8-21)22-14-20-16-28(2,3)26(23(20)15-24(22)29)30-27(32)34-25-17-31-11-9-19(25)10-12-31/h5-8,14-15,19,25-26H,4,9-13,16-17H2,1-3H3,(H,30,32)/t25-,26-/m0/s1. The minimum atomic E-state index is -0.392. The molecule has 1 N–H and O–H groups in total. The molecular formula is C28H35FN2O3. The zero-order chi connectivity index (χ0) is 23.9. The highest BCUT2D eigenvalue weighted by atomic mass is 19.1. The highest BCUT2D eigenvalue weighted by molar-refractivity contribution is 5.70. The number of fused-ring (bicyclic) bond motifs is 4. The zero-order valence-electron chi connectivity index (χ0n) is 20.4. The van der Waals surface area contributed by atoms with Crippen LogP contribution in [0.25, 0.3) is 11.1 Å². The number of halogens is 1. The molecule has 4 aliphatic rings. The van der Waals surface area contributed by atoms with E-state index < -0.39 is 6.09 Å². The lowest BCUT2D eigenvalue weighted by atomic mass is 9.85. The maximum atomic E-state index is 15.3. The van der Waals surface area contributed by atoms with Crippen molar-refractivity contribution in [2.75, 3.05) is 26.2 Å². The van der Waals surface area contributed by atoms with Crippen LogP contribution in [0.5, 0.6) is 5.75 Å². The Labute approximate surface area is 201 Å². The molecule has 2 aromatic rings. The summed E-state index contributed by atoms with van der Waals surface area (Å²) in [6, 6.07) is 10.8. The predicted molar refractivity (Wildman–Crippen MR) is 130 cm³/mol. The van der Waals surface area contributed by atoms with E-state index in [0.717, 1.165) is 67.8 Å². The van der Waals surface area contributed by atoms with Gasteiger partial charge in [0.25, 0.3) is 0 Å². The Kier molecular flexibility index (Phi) is 6.28. The molecule has 1 amide bonds. The fourth-order valence-electron chi connectivity index (χ4n) is 5.85. The molecule has 3 fully saturated rings.